The Kier molecular flexibility index (Phi) is 6.46. The molecule has 0 aliphatic carbocycles. The number of nitrogens with one attached hydrogen (secondary N) is 1. The van der Waals surface area contributed by atoms with E-state index in [1.807, 2.05) is 23.8 Å². The SMILES string of the molecule is CSCCC(C)(O)CNC(=O)C=Cc1cccs1. The van der Waals surface area contributed by atoms with Crippen molar-refractivity contribution in [2.24, 2.45) is 0 Å². The number of hydrogen-bond acceptors (Lipinski definition) is 4. The highest BCUT2D eigenvalue weighted by atomic mass is 32.2. The topological polar surface area (TPSA) is 49.3 Å². The van der Waals surface area contributed by atoms with Crippen LogP contribution in [-0.2, 0) is 4.79 Å². The van der Waals surface area contributed by atoms with Crippen molar-refractivity contribution in [3.63, 3.8) is 0 Å². The normalized spacial score (nSPS) is 14.6. The van der Waals surface area contributed by atoms with Gasteiger partial charge in [-0.1, -0.05) is 6.07 Å². The first-order chi connectivity index (χ1) is 8.53. The number of thioether (sulfide) groups is 1. The third-order valence-corrected chi connectivity index (χ3v) is 3.88. The van der Waals surface area contributed by atoms with Gasteiger partial charge >= 0.3 is 0 Å². The van der Waals surface area contributed by atoms with Crippen LogP contribution < -0.4 is 5.32 Å². The average Bonchev–Trinajstić information content (AvgIpc) is 2.84. The van der Waals surface area contributed by atoms with Gasteiger partial charge in [-0.05, 0) is 42.9 Å². The number of carbonyl (C=O) groups is 1. The third-order valence-electron chi connectivity index (χ3n) is 2.43. The Bertz CT molecular complexity index is 386. The summed E-state index contributed by atoms with van der Waals surface area (Å²) in [6.07, 6.45) is 5.94. The summed E-state index contributed by atoms with van der Waals surface area (Å²) in [4.78, 5) is 12.6. The Morgan fingerprint density at radius 3 is 3.06 bits per heavy atom. The van der Waals surface area contributed by atoms with Crippen molar-refractivity contribution in [1.82, 2.24) is 5.32 Å². The number of rotatable bonds is 7. The zero-order chi connectivity index (χ0) is 13.4. The summed E-state index contributed by atoms with van der Waals surface area (Å²) in [5.74, 6) is 0.710. The smallest absolute Gasteiger partial charge is 0.244 e. The van der Waals surface area contributed by atoms with Gasteiger partial charge in [0, 0.05) is 17.5 Å². The molecule has 0 fully saturated rings. The number of amides is 1. The van der Waals surface area contributed by atoms with Crippen LogP contribution in [-0.4, -0.2) is 35.2 Å². The largest absolute Gasteiger partial charge is 0.388 e. The van der Waals surface area contributed by atoms with Crippen LogP contribution in [0.4, 0.5) is 0 Å². The average molecular weight is 285 g/mol. The fourth-order valence-electron chi connectivity index (χ4n) is 1.29. The van der Waals surface area contributed by atoms with Gasteiger partial charge in [-0.2, -0.15) is 11.8 Å². The highest BCUT2D eigenvalue weighted by Gasteiger charge is 2.19. The molecule has 1 atom stereocenters. The maximum absolute atomic E-state index is 11.5. The molecule has 0 radical (unpaired) electrons. The van der Waals surface area contributed by atoms with Gasteiger partial charge in [0.2, 0.25) is 5.91 Å². The number of thiophene rings is 1. The fraction of sp³-hybridized carbons (Fsp3) is 0.462. The molecule has 1 heterocycles. The number of carbonyl (C=O) groups excluding carboxylic acids is 1. The highest BCUT2D eigenvalue weighted by molar-refractivity contribution is 7.98. The van der Waals surface area contributed by atoms with Crippen LogP contribution in [0, 0.1) is 0 Å². The van der Waals surface area contributed by atoms with Crippen molar-refractivity contribution in [1.29, 1.82) is 0 Å². The van der Waals surface area contributed by atoms with Crippen LogP contribution in [0.3, 0.4) is 0 Å². The summed E-state index contributed by atoms with van der Waals surface area (Å²) < 4.78 is 0. The van der Waals surface area contributed by atoms with Gasteiger partial charge in [0.1, 0.15) is 0 Å². The second-order valence-corrected chi connectivity index (χ2v) is 6.27. The van der Waals surface area contributed by atoms with E-state index in [4.69, 9.17) is 0 Å². The molecule has 1 unspecified atom stereocenters. The fourth-order valence-corrected chi connectivity index (χ4v) is 2.55. The van der Waals surface area contributed by atoms with Gasteiger partial charge in [-0.15, -0.1) is 11.3 Å². The second-order valence-electron chi connectivity index (χ2n) is 4.31. The molecular formula is C13H19NO2S2. The molecule has 1 rings (SSSR count). The number of hydrogen-bond donors (Lipinski definition) is 2. The van der Waals surface area contributed by atoms with E-state index in [1.165, 1.54) is 6.08 Å². The first kappa shape index (κ1) is 15.3. The van der Waals surface area contributed by atoms with E-state index in [2.05, 4.69) is 5.32 Å². The first-order valence-corrected chi connectivity index (χ1v) is 8.01. The lowest BCUT2D eigenvalue weighted by Crippen LogP contribution is -2.40. The molecule has 0 saturated heterocycles. The zero-order valence-corrected chi connectivity index (χ0v) is 12.3. The van der Waals surface area contributed by atoms with E-state index in [9.17, 15) is 9.90 Å². The summed E-state index contributed by atoms with van der Waals surface area (Å²) in [5, 5.41) is 14.7. The summed E-state index contributed by atoms with van der Waals surface area (Å²) in [6.45, 7) is 2.02. The van der Waals surface area contributed by atoms with Crippen LogP contribution in [0.2, 0.25) is 0 Å². The van der Waals surface area contributed by atoms with Gasteiger partial charge in [0.05, 0.1) is 5.60 Å². The molecule has 18 heavy (non-hydrogen) atoms. The van der Waals surface area contributed by atoms with Gasteiger partial charge in [0.25, 0.3) is 0 Å². The molecule has 100 valence electrons. The van der Waals surface area contributed by atoms with Crippen LogP contribution in [0.5, 0.6) is 0 Å². The van der Waals surface area contributed by atoms with Crippen molar-refractivity contribution >= 4 is 35.1 Å². The van der Waals surface area contributed by atoms with Crippen molar-refractivity contribution in [2.45, 2.75) is 18.9 Å². The lowest BCUT2D eigenvalue weighted by atomic mass is 10.0. The quantitative estimate of drug-likeness (QED) is 0.756. The van der Waals surface area contributed by atoms with Crippen molar-refractivity contribution < 1.29 is 9.90 Å². The van der Waals surface area contributed by atoms with Gasteiger partial charge < -0.3 is 10.4 Å². The molecule has 5 heteroatoms. The molecule has 0 aliphatic heterocycles. The molecular weight excluding hydrogens is 266 g/mol. The van der Waals surface area contributed by atoms with Crippen molar-refractivity contribution in [2.75, 3.05) is 18.6 Å². The maximum atomic E-state index is 11.5. The predicted molar refractivity (Wildman–Crippen MR) is 80.0 cm³/mol. The van der Waals surface area contributed by atoms with E-state index < -0.39 is 5.60 Å². The Labute approximate surface area is 116 Å². The van der Waals surface area contributed by atoms with Gasteiger partial charge in [0.15, 0.2) is 0 Å². The second kappa shape index (κ2) is 7.61. The van der Waals surface area contributed by atoms with Crippen LogP contribution in [0.15, 0.2) is 23.6 Å². The Hall–Kier alpha value is -0.780. The lowest BCUT2D eigenvalue weighted by molar-refractivity contribution is -0.117. The molecule has 1 amide bonds. The first-order valence-electron chi connectivity index (χ1n) is 5.74. The minimum Gasteiger partial charge on any atom is -0.388 e. The summed E-state index contributed by atoms with van der Waals surface area (Å²) >= 11 is 3.27. The molecule has 0 bridgehead atoms. The molecule has 0 saturated carbocycles. The molecule has 2 N–H and O–H groups in total. The Morgan fingerprint density at radius 2 is 2.44 bits per heavy atom. The minimum absolute atomic E-state index is 0.173. The molecule has 1 aromatic heterocycles. The van der Waals surface area contributed by atoms with E-state index in [0.29, 0.717) is 6.42 Å². The van der Waals surface area contributed by atoms with E-state index >= 15 is 0 Å². The van der Waals surface area contributed by atoms with Crippen LogP contribution >= 0.6 is 23.1 Å². The van der Waals surface area contributed by atoms with E-state index in [1.54, 1.807) is 36.1 Å². The zero-order valence-electron chi connectivity index (χ0n) is 10.7. The Morgan fingerprint density at radius 1 is 1.67 bits per heavy atom. The molecule has 1 aromatic rings. The van der Waals surface area contributed by atoms with Crippen LogP contribution in [0.1, 0.15) is 18.2 Å². The monoisotopic (exact) mass is 285 g/mol. The number of aliphatic hydroxyl groups is 1. The van der Waals surface area contributed by atoms with Crippen molar-refractivity contribution in [3.8, 4) is 0 Å². The Balaban J connectivity index is 2.32. The highest BCUT2D eigenvalue weighted by Crippen LogP contribution is 2.12. The van der Waals surface area contributed by atoms with E-state index in [0.717, 1.165) is 10.6 Å². The summed E-state index contributed by atoms with van der Waals surface area (Å²) in [5.41, 5.74) is -0.838. The molecule has 3 nitrogen and oxygen atoms in total. The molecule has 0 aliphatic rings. The molecule has 0 aromatic carbocycles. The predicted octanol–water partition coefficient (Wildman–Crippen LogP) is 2.38. The van der Waals surface area contributed by atoms with Crippen molar-refractivity contribution in [3.05, 3.63) is 28.5 Å². The lowest BCUT2D eigenvalue weighted by Gasteiger charge is -2.22. The third kappa shape index (κ3) is 6.23. The standard InChI is InChI=1S/C13H19NO2S2/c1-13(16,7-9-17-2)10-14-12(15)6-5-11-4-3-8-18-11/h3-6,8,16H,7,9-10H2,1-2H3,(H,14,15). The van der Waals surface area contributed by atoms with Gasteiger partial charge in [-0.25, -0.2) is 0 Å². The van der Waals surface area contributed by atoms with Gasteiger partial charge in [-0.3, -0.25) is 4.79 Å². The molecule has 0 spiro atoms. The summed E-state index contributed by atoms with van der Waals surface area (Å²) in [7, 11) is 0. The van der Waals surface area contributed by atoms with Crippen LogP contribution in [0.25, 0.3) is 6.08 Å². The summed E-state index contributed by atoms with van der Waals surface area (Å²) in [6, 6.07) is 3.89. The minimum atomic E-state index is -0.838. The maximum Gasteiger partial charge on any atom is 0.244 e. The van der Waals surface area contributed by atoms with E-state index in [-0.39, 0.29) is 12.5 Å².